The molecule has 0 aromatic heterocycles. The maximum absolute atomic E-state index is 12.4. The molecule has 0 saturated carbocycles. The second-order valence-corrected chi connectivity index (χ2v) is 3.90. The van der Waals surface area contributed by atoms with Gasteiger partial charge in [0.05, 0.1) is 0 Å². The van der Waals surface area contributed by atoms with E-state index in [4.69, 9.17) is 0 Å². The van der Waals surface area contributed by atoms with E-state index in [-0.39, 0.29) is 4.90 Å². The van der Waals surface area contributed by atoms with Crippen LogP contribution < -0.4 is 0 Å². The van der Waals surface area contributed by atoms with Gasteiger partial charge in [-0.2, -0.15) is 7.05 Å². The summed E-state index contributed by atoms with van der Waals surface area (Å²) in [6.07, 6.45) is 0. The van der Waals surface area contributed by atoms with E-state index in [1.165, 1.54) is 19.2 Å². The Morgan fingerprint density at radius 2 is 1.75 bits per heavy atom. The molecular formula is C7H7FNO2S-. The summed E-state index contributed by atoms with van der Waals surface area (Å²) < 4.78 is 37.6. The summed E-state index contributed by atoms with van der Waals surface area (Å²) in [5.41, 5.74) is 0. The minimum atomic E-state index is -3.56. The first-order valence-electron chi connectivity index (χ1n) is 3.18. The summed E-state index contributed by atoms with van der Waals surface area (Å²) >= 11 is 0. The summed E-state index contributed by atoms with van der Waals surface area (Å²) in [4.78, 5) is 0.00593. The van der Waals surface area contributed by atoms with E-state index in [0.29, 0.717) is 0 Å². The van der Waals surface area contributed by atoms with Crippen LogP contribution in [0.3, 0.4) is 0 Å². The van der Waals surface area contributed by atoms with Crippen molar-refractivity contribution in [1.29, 1.82) is 0 Å². The molecule has 1 aromatic rings. The van der Waals surface area contributed by atoms with Crippen LogP contribution in [-0.2, 0) is 10.0 Å². The molecule has 0 atom stereocenters. The molecule has 12 heavy (non-hydrogen) atoms. The topological polar surface area (TPSA) is 48.2 Å². The van der Waals surface area contributed by atoms with Crippen LogP contribution >= 0.6 is 0 Å². The lowest BCUT2D eigenvalue weighted by Crippen LogP contribution is -1.96. The first-order chi connectivity index (χ1) is 5.56. The van der Waals surface area contributed by atoms with Crippen LogP contribution in [0.4, 0.5) is 4.39 Å². The number of nitrogens with zero attached hydrogens (tertiary/aromatic N) is 1. The van der Waals surface area contributed by atoms with Crippen molar-refractivity contribution in [3.63, 3.8) is 0 Å². The average Bonchev–Trinajstić information content (AvgIpc) is 2.05. The SMILES string of the molecule is C[N-]S(=O)(=O)c1ccc(F)cc1. The van der Waals surface area contributed by atoms with Crippen molar-refractivity contribution in [3.8, 4) is 0 Å². The minimum Gasteiger partial charge on any atom is -0.547 e. The molecule has 0 heterocycles. The number of benzene rings is 1. The first-order valence-corrected chi connectivity index (χ1v) is 4.62. The van der Waals surface area contributed by atoms with Gasteiger partial charge < -0.3 is 4.72 Å². The maximum atomic E-state index is 12.4. The zero-order chi connectivity index (χ0) is 9.19. The molecule has 5 heteroatoms. The number of hydrogen-bond acceptors (Lipinski definition) is 2. The van der Waals surface area contributed by atoms with Crippen LogP contribution in [0.2, 0.25) is 0 Å². The number of hydrogen-bond donors (Lipinski definition) is 0. The van der Waals surface area contributed by atoms with Crippen LogP contribution in [0.25, 0.3) is 4.72 Å². The van der Waals surface area contributed by atoms with Crippen LogP contribution in [0, 0.1) is 5.82 Å². The van der Waals surface area contributed by atoms with Crippen molar-refractivity contribution in [3.05, 3.63) is 34.8 Å². The van der Waals surface area contributed by atoms with Crippen molar-refractivity contribution < 1.29 is 12.8 Å². The third kappa shape index (κ3) is 1.80. The van der Waals surface area contributed by atoms with Gasteiger partial charge in [0.25, 0.3) is 0 Å². The van der Waals surface area contributed by atoms with Gasteiger partial charge in [0, 0.05) is 4.90 Å². The number of halogens is 1. The lowest BCUT2D eigenvalue weighted by atomic mass is 10.4. The molecule has 0 unspecified atom stereocenters. The molecule has 0 bridgehead atoms. The monoisotopic (exact) mass is 188 g/mol. The first kappa shape index (κ1) is 9.15. The fourth-order valence-corrected chi connectivity index (χ4v) is 1.40. The minimum absolute atomic E-state index is 0.00593. The third-order valence-electron chi connectivity index (χ3n) is 1.35. The van der Waals surface area contributed by atoms with Crippen molar-refractivity contribution >= 4 is 10.0 Å². The van der Waals surface area contributed by atoms with Crippen LogP contribution in [0.1, 0.15) is 0 Å². The third-order valence-corrected chi connectivity index (χ3v) is 2.70. The molecule has 0 aliphatic rings. The van der Waals surface area contributed by atoms with E-state index in [2.05, 4.69) is 4.72 Å². The van der Waals surface area contributed by atoms with Gasteiger partial charge in [0.2, 0.25) is 0 Å². The van der Waals surface area contributed by atoms with Gasteiger partial charge in [-0.15, -0.1) is 0 Å². The predicted molar refractivity (Wildman–Crippen MR) is 42.9 cm³/mol. The summed E-state index contributed by atoms with van der Waals surface area (Å²) in [5, 5.41) is 0. The molecule has 0 aliphatic heterocycles. The molecule has 0 radical (unpaired) electrons. The Labute approximate surface area is 70.3 Å². The molecule has 0 N–H and O–H groups in total. The molecule has 1 aromatic carbocycles. The van der Waals surface area contributed by atoms with Crippen molar-refractivity contribution in [1.82, 2.24) is 0 Å². The van der Waals surface area contributed by atoms with E-state index in [1.54, 1.807) is 0 Å². The molecule has 66 valence electrons. The Kier molecular flexibility index (Phi) is 2.44. The summed E-state index contributed by atoms with van der Waals surface area (Å²) in [7, 11) is -2.38. The molecule has 3 nitrogen and oxygen atoms in total. The van der Waals surface area contributed by atoms with E-state index >= 15 is 0 Å². The van der Waals surface area contributed by atoms with Crippen LogP contribution in [0.15, 0.2) is 29.2 Å². The molecule has 0 fully saturated rings. The second kappa shape index (κ2) is 3.20. The van der Waals surface area contributed by atoms with Crippen LogP contribution in [-0.4, -0.2) is 15.5 Å². The quantitative estimate of drug-likeness (QED) is 0.706. The molecule has 1 rings (SSSR count). The van der Waals surface area contributed by atoms with Crippen molar-refractivity contribution in [2.45, 2.75) is 4.90 Å². The average molecular weight is 188 g/mol. The van der Waals surface area contributed by atoms with E-state index in [0.717, 1.165) is 12.1 Å². The number of rotatable bonds is 2. The Morgan fingerprint density at radius 3 is 2.17 bits per heavy atom. The Hall–Kier alpha value is -0.940. The highest BCUT2D eigenvalue weighted by molar-refractivity contribution is 7.94. The van der Waals surface area contributed by atoms with E-state index < -0.39 is 15.8 Å². The zero-order valence-electron chi connectivity index (χ0n) is 6.36. The van der Waals surface area contributed by atoms with Crippen molar-refractivity contribution in [2.75, 3.05) is 7.05 Å². The molecule has 0 amide bonds. The standard InChI is InChI=1S/C7H7FNO2S/c1-9-12(10,11)7-4-2-6(8)3-5-7/h2-5H,1H3/q-1. The Bertz CT molecular complexity index is 357. The van der Waals surface area contributed by atoms with Gasteiger partial charge in [-0.1, -0.05) is 0 Å². The Morgan fingerprint density at radius 1 is 1.25 bits per heavy atom. The Balaban J connectivity index is 3.14. The van der Waals surface area contributed by atoms with Gasteiger partial charge >= 0.3 is 0 Å². The lowest BCUT2D eigenvalue weighted by molar-refractivity contribution is 0.601. The molecule has 0 aliphatic carbocycles. The van der Waals surface area contributed by atoms with Gasteiger partial charge in [0.1, 0.15) is 15.8 Å². The summed E-state index contributed by atoms with van der Waals surface area (Å²) in [6, 6.07) is 4.52. The summed E-state index contributed by atoms with van der Waals surface area (Å²) in [6.45, 7) is 0. The van der Waals surface area contributed by atoms with Gasteiger partial charge in [-0.25, -0.2) is 12.8 Å². The van der Waals surface area contributed by atoms with E-state index in [9.17, 15) is 12.8 Å². The summed E-state index contributed by atoms with van der Waals surface area (Å²) in [5.74, 6) is -0.468. The second-order valence-electron chi connectivity index (χ2n) is 2.11. The normalized spacial score (nSPS) is 11.5. The van der Waals surface area contributed by atoms with Crippen LogP contribution in [0.5, 0.6) is 0 Å². The maximum Gasteiger partial charge on any atom is 0.123 e. The fraction of sp³-hybridized carbons (Fsp3) is 0.143. The highest BCUT2D eigenvalue weighted by Gasteiger charge is 2.01. The predicted octanol–water partition coefficient (Wildman–Crippen LogP) is 1.52. The van der Waals surface area contributed by atoms with E-state index in [1.807, 2.05) is 0 Å². The zero-order valence-corrected chi connectivity index (χ0v) is 7.18. The lowest BCUT2D eigenvalue weighted by Gasteiger charge is -2.12. The van der Waals surface area contributed by atoms with Gasteiger partial charge in [-0.3, -0.25) is 0 Å². The highest BCUT2D eigenvalue weighted by atomic mass is 32.2. The smallest absolute Gasteiger partial charge is 0.123 e. The number of sulfonamides is 1. The highest BCUT2D eigenvalue weighted by Crippen LogP contribution is 2.14. The fourth-order valence-electron chi connectivity index (χ4n) is 0.712. The van der Waals surface area contributed by atoms with Crippen molar-refractivity contribution in [2.24, 2.45) is 0 Å². The molecule has 0 saturated heterocycles. The molecule has 0 spiro atoms. The largest absolute Gasteiger partial charge is 0.547 e. The van der Waals surface area contributed by atoms with Gasteiger partial charge in [0.15, 0.2) is 0 Å². The molecular weight excluding hydrogens is 181 g/mol. The van der Waals surface area contributed by atoms with Gasteiger partial charge in [-0.05, 0) is 24.3 Å².